The number of allylic oxidation sites excluding steroid dienone is 1. The van der Waals surface area contributed by atoms with Crippen LogP contribution in [0.2, 0.25) is 25.2 Å². The Morgan fingerprint density at radius 3 is 2.08 bits per heavy atom. The summed E-state index contributed by atoms with van der Waals surface area (Å²) in [6.07, 6.45) is 1.84. The van der Waals surface area contributed by atoms with Gasteiger partial charge in [-0.25, -0.2) is 0 Å². The van der Waals surface area contributed by atoms with E-state index in [9.17, 15) is 4.79 Å². The summed E-state index contributed by atoms with van der Waals surface area (Å²) in [6, 6.07) is 1.58. The summed E-state index contributed by atoms with van der Waals surface area (Å²) in [5.74, 6) is 0.527. The molecule has 154 valence electrons. The first-order valence-electron chi connectivity index (χ1n) is 8.93. The fourth-order valence-corrected chi connectivity index (χ4v) is 6.28. The van der Waals surface area contributed by atoms with Crippen LogP contribution in [0, 0.1) is 0 Å². The van der Waals surface area contributed by atoms with Gasteiger partial charge in [-0.2, -0.15) is 0 Å². The molecule has 0 aliphatic carbocycles. The summed E-state index contributed by atoms with van der Waals surface area (Å²) in [5.41, 5.74) is 0. The molecule has 26 heavy (non-hydrogen) atoms. The lowest BCUT2D eigenvalue weighted by atomic mass is 10.3. The molecule has 0 aromatic carbocycles. The number of hydrogen-bond acceptors (Lipinski definition) is 7. The minimum absolute atomic E-state index is 0.247. The molecular formula is C17H36O7Si2. The van der Waals surface area contributed by atoms with Crippen LogP contribution in [0.4, 0.5) is 0 Å². The molecule has 0 heterocycles. The van der Waals surface area contributed by atoms with E-state index in [0.29, 0.717) is 32.1 Å². The van der Waals surface area contributed by atoms with Gasteiger partial charge >= 0.3 is 14.8 Å². The summed E-state index contributed by atoms with van der Waals surface area (Å²) >= 11 is 0. The lowest BCUT2D eigenvalue weighted by molar-refractivity contribution is -0.145. The SMILES string of the molecule is C=C(C)O[Si](C)(C)CCCOCCOC(=O)CCC[Si](OC)(OC)OC. The summed E-state index contributed by atoms with van der Waals surface area (Å²) in [4.78, 5) is 11.7. The maximum atomic E-state index is 11.7. The van der Waals surface area contributed by atoms with Crippen molar-refractivity contribution in [1.29, 1.82) is 0 Å². The van der Waals surface area contributed by atoms with Crippen molar-refractivity contribution in [2.75, 3.05) is 41.2 Å². The molecule has 0 amide bonds. The number of carbonyl (C=O) groups excluding carboxylic acids is 1. The van der Waals surface area contributed by atoms with E-state index in [0.717, 1.165) is 18.2 Å². The van der Waals surface area contributed by atoms with E-state index in [2.05, 4.69) is 19.7 Å². The predicted molar refractivity (Wildman–Crippen MR) is 105 cm³/mol. The largest absolute Gasteiger partial charge is 0.548 e. The topological polar surface area (TPSA) is 72.5 Å². The van der Waals surface area contributed by atoms with Gasteiger partial charge in [-0.05, 0) is 38.9 Å². The smallest absolute Gasteiger partial charge is 0.500 e. The van der Waals surface area contributed by atoms with Crippen molar-refractivity contribution in [3.63, 3.8) is 0 Å². The summed E-state index contributed by atoms with van der Waals surface area (Å²) < 4.78 is 32.4. The van der Waals surface area contributed by atoms with Crippen LogP contribution >= 0.6 is 0 Å². The highest BCUT2D eigenvalue weighted by atomic mass is 28.4. The Morgan fingerprint density at radius 2 is 1.54 bits per heavy atom. The van der Waals surface area contributed by atoms with Crippen LogP contribution in [0.1, 0.15) is 26.2 Å². The first-order valence-corrected chi connectivity index (χ1v) is 14.0. The molecule has 0 aliphatic heterocycles. The van der Waals surface area contributed by atoms with Crippen molar-refractivity contribution < 1.29 is 32.0 Å². The number of hydrogen-bond donors (Lipinski definition) is 0. The molecule has 7 nitrogen and oxygen atoms in total. The van der Waals surface area contributed by atoms with Gasteiger partial charge in [0.25, 0.3) is 0 Å². The summed E-state index contributed by atoms with van der Waals surface area (Å²) in [6.45, 7) is 11.3. The molecule has 0 atom stereocenters. The highest BCUT2D eigenvalue weighted by molar-refractivity contribution is 6.71. The van der Waals surface area contributed by atoms with Crippen LogP contribution in [0.5, 0.6) is 0 Å². The van der Waals surface area contributed by atoms with Crippen LogP contribution in [0.25, 0.3) is 0 Å². The van der Waals surface area contributed by atoms with Crippen LogP contribution in [-0.4, -0.2) is 64.2 Å². The average molecular weight is 409 g/mol. The zero-order valence-electron chi connectivity index (χ0n) is 17.2. The van der Waals surface area contributed by atoms with Gasteiger partial charge < -0.3 is 27.2 Å². The number of rotatable bonds is 16. The standard InChI is InChI=1S/C17H36O7Si2/c1-16(2)24-25(6,7)14-9-11-22-12-13-23-17(18)10-8-15-26(19-3,20-4)21-5/h1,8-15H2,2-7H3. The number of esters is 1. The minimum atomic E-state index is -2.61. The average Bonchev–Trinajstić information content (AvgIpc) is 2.57. The first kappa shape index (κ1) is 25.3. The normalized spacial score (nSPS) is 12.1. The molecule has 0 N–H and O–H groups in total. The quantitative estimate of drug-likeness (QED) is 0.168. The van der Waals surface area contributed by atoms with E-state index in [1.54, 1.807) is 21.3 Å². The van der Waals surface area contributed by atoms with E-state index in [4.69, 9.17) is 27.2 Å². The maximum absolute atomic E-state index is 11.7. The fraction of sp³-hybridized carbons (Fsp3) is 0.824. The lowest BCUT2D eigenvalue weighted by Crippen LogP contribution is -2.42. The zero-order valence-corrected chi connectivity index (χ0v) is 19.2. The van der Waals surface area contributed by atoms with Gasteiger partial charge in [0.05, 0.1) is 12.4 Å². The van der Waals surface area contributed by atoms with Gasteiger partial charge in [0, 0.05) is 40.4 Å². The first-order chi connectivity index (χ1) is 12.2. The highest BCUT2D eigenvalue weighted by Gasteiger charge is 2.37. The molecule has 0 rings (SSSR count). The second-order valence-electron chi connectivity index (χ2n) is 6.65. The molecule has 0 radical (unpaired) electrons. The van der Waals surface area contributed by atoms with E-state index in [1.807, 2.05) is 6.92 Å². The second kappa shape index (κ2) is 13.5. The van der Waals surface area contributed by atoms with Gasteiger partial charge in [0.15, 0.2) is 0 Å². The predicted octanol–water partition coefficient (Wildman–Crippen LogP) is 3.35. The molecular weight excluding hydrogens is 372 g/mol. The summed E-state index contributed by atoms with van der Waals surface area (Å²) in [5, 5.41) is 0. The van der Waals surface area contributed by atoms with Crippen molar-refractivity contribution in [1.82, 2.24) is 0 Å². The van der Waals surface area contributed by atoms with Crippen molar-refractivity contribution in [3.8, 4) is 0 Å². The molecule has 0 fully saturated rings. The fourth-order valence-electron chi connectivity index (χ4n) is 2.52. The molecule has 0 aliphatic rings. The minimum Gasteiger partial charge on any atom is -0.548 e. The van der Waals surface area contributed by atoms with Gasteiger partial charge in [0.2, 0.25) is 8.32 Å². The third-order valence-electron chi connectivity index (χ3n) is 3.81. The summed E-state index contributed by atoms with van der Waals surface area (Å²) in [7, 11) is 0.383. The molecule has 0 aromatic heterocycles. The third kappa shape index (κ3) is 11.8. The Morgan fingerprint density at radius 1 is 0.923 bits per heavy atom. The lowest BCUT2D eigenvalue weighted by Gasteiger charge is -2.24. The Balaban J connectivity index is 3.70. The number of ether oxygens (including phenoxy) is 2. The molecule has 0 unspecified atom stereocenters. The molecule has 0 spiro atoms. The molecule has 9 heteroatoms. The van der Waals surface area contributed by atoms with Crippen LogP contribution in [-0.2, 0) is 32.0 Å². The van der Waals surface area contributed by atoms with Crippen molar-refractivity contribution in [2.24, 2.45) is 0 Å². The Kier molecular flexibility index (Phi) is 13.1. The van der Waals surface area contributed by atoms with Crippen molar-refractivity contribution >= 4 is 23.1 Å². The van der Waals surface area contributed by atoms with Crippen LogP contribution in [0.15, 0.2) is 12.3 Å². The number of carbonyl (C=O) groups is 1. The van der Waals surface area contributed by atoms with Crippen LogP contribution < -0.4 is 0 Å². The van der Waals surface area contributed by atoms with Gasteiger partial charge in [-0.15, -0.1) is 0 Å². The van der Waals surface area contributed by atoms with Crippen molar-refractivity contribution in [2.45, 2.75) is 51.4 Å². The molecule has 0 bridgehead atoms. The van der Waals surface area contributed by atoms with E-state index in [1.165, 1.54) is 0 Å². The zero-order chi connectivity index (χ0) is 20.1. The van der Waals surface area contributed by atoms with Gasteiger partial charge in [-0.3, -0.25) is 4.79 Å². The third-order valence-corrected chi connectivity index (χ3v) is 9.10. The van der Waals surface area contributed by atoms with Crippen molar-refractivity contribution in [3.05, 3.63) is 12.3 Å². The van der Waals surface area contributed by atoms with Crippen LogP contribution in [0.3, 0.4) is 0 Å². The van der Waals surface area contributed by atoms with Gasteiger partial charge in [0.1, 0.15) is 6.61 Å². The van der Waals surface area contributed by atoms with E-state index in [-0.39, 0.29) is 12.6 Å². The van der Waals surface area contributed by atoms with E-state index >= 15 is 0 Å². The Hall–Kier alpha value is -0.716. The molecule has 0 saturated carbocycles. The van der Waals surface area contributed by atoms with Gasteiger partial charge in [-0.1, -0.05) is 6.58 Å². The highest BCUT2D eigenvalue weighted by Crippen LogP contribution is 2.17. The molecule has 0 aromatic rings. The monoisotopic (exact) mass is 408 g/mol. The maximum Gasteiger partial charge on any atom is 0.500 e. The van der Waals surface area contributed by atoms with E-state index < -0.39 is 17.1 Å². The Labute approximate surface area is 160 Å². The Bertz CT molecular complexity index is 404. The molecule has 0 saturated heterocycles. The second-order valence-corrected chi connectivity index (χ2v) is 14.0.